The molecule has 0 saturated carbocycles. The summed E-state index contributed by atoms with van der Waals surface area (Å²) in [6.45, 7) is 7.45. The maximum Gasteiger partial charge on any atom is 0.243 e. The van der Waals surface area contributed by atoms with Crippen LogP contribution in [0, 0.1) is 11.3 Å². The first kappa shape index (κ1) is 19.4. The number of hydrogen-bond acceptors (Lipinski definition) is 3. The quantitative estimate of drug-likeness (QED) is 0.819. The van der Waals surface area contributed by atoms with Crippen LogP contribution in [0.1, 0.15) is 33.6 Å². The van der Waals surface area contributed by atoms with Gasteiger partial charge in [0.25, 0.3) is 0 Å². The Balaban J connectivity index is 2.07. The van der Waals surface area contributed by atoms with E-state index < -0.39 is 10.0 Å². The van der Waals surface area contributed by atoms with E-state index in [2.05, 4.69) is 42.0 Å². The third kappa shape index (κ3) is 5.04. The largest absolute Gasteiger partial charge is 0.355 e. The van der Waals surface area contributed by atoms with Crippen LogP contribution in [0.5, 0.6) is 0 Å². The fourth-order valence-electron chi connectivity index (χ4n) is 2.63. The number of carbonyl (C=O) groups excluding carboxylic acids is 1. The van der Waals surface area contributed by atoms with Crippen LogP contribution in [-0.4, -0.2) is 38.3 Å². The highest BCUT2D eigenvalue weighted by molar-refractivity contribution is 9.10. The zero-order chi connectivity index (χ0) is 18.0. The van der Waals surface area contributed by atoms with Gasteiger partial charge in [0.05, 0.1) is 10.8 Å². The zero-order valence-electron chi connectivity index (χ0n) is 14.4. The number of benzene rings is 1. The minimum atomic E-state index is -3.56. The van der Waals surface area contributed by atoms with Gasteiger partial charge in [0, 0.05) is 24.1 Å². The topological polar surface area (TPSA) is 66.5 Å². The standard InChI is InChI=1S/C17H25BrN2O3S/c1-17(2,3)12-19-16(21)13-5-4-10-20(11-13)24(22,23)15-8-6-14(18)7-9-15/h6-9,13H,4-5,10-12H2,1-3H3,(H,19,21)/t13-/m0/s1. The predicted octanol–water partition coefficient (Wildman–Crippen LogP) is 3.01. The molecule has 1 saturated heterocycles. The van der Waals surface area contributed by atoms with Crippen molar-refractivity contribution >= 4 is 31.9 Å². The maximum absolute atomic E-state index is 12.8. The Hall–Kier alpha value is -0.920. The van der Waals surface area contributed by atoms with Gasteiger partial charge in [-0.1, -0.05) is 36.7 Å². The molecule has 24 heavy (non-hydrogen) atoms. The summed E-state index contributed by atoms with van der Waals surface area (Å²) in [7, 11) is -3.56. The van der Waals surface area contributed by atoms with Crippen molar-refractivity contribution in [3.05, 3.63) is 28.7 Å². The van der Waals surface area contributed by atoms with Crippen molar-refractivity contribution < 1.29 is 13.2 Å². The first-order valence-corrected chi connectivity index (χ1v) is 10.4. The number of piperidine rings is 1. The first-order valence-electron chi connectivity index (χ1n) is 8.13. The Bertz CT molecular complexity index is 681. The van der Waals surface area contributed by atoms with E-state index in [4.69, 9.17) is 0 Å². The second-order valence-corrected chi connectivity index (χ2v) is 10.3. The molecule has 2 rings (SSSR count). The zero-order valence-corrected chi connectivity index (χ0v) is 16.8. The van der Waals surface area contributed by atoms with Crippen LogP contribution in [0.25, 0.3) is 0 Å². The Morgan fingerprint density at radius 3 is 2.50 bits per heavy atom. The Labute approximate surface area is 153 Å². The molecule has 1 heterocycles. The molecule has 1 atom stereocenters. The molecule has 1 aliphatic heterocycles. The second-order valence-electron chi connectivity index (χ2n) is 7.43. The van der Waals surface area contributed by atoms with Gasteiger partial charge in [0.1, 0.15) is 0 Å². The highest BCUT2D eigenvalue weighted by atomic mass is 79.9. The molecule has 0 radical (unpaired) electrons. The summed E-state index contributed by atoms with van der Waals surface area (Å²) in [5.41, 5.74) is 0.00746. The molecule has 0 aromatic heterocycles. The molecule has 0 bridgehead atoms. The predicted molar refractivity (Wildman–Crippen MR) is 98.1 cm³/mol. The lowest BCUT2D eigenvalue weighted by Crippen LogP contribution is -2.46. The summed E-state index contributed by atoms with van der Waals surface area (Å²) in [6.07, 6.45) is 1.42. The lowest BCUT2D eigenvalue weighted by Gasteiger charge is -2.32. The van der Waals surface area contributed by atoms with Gasteiger partial charge in [0.2, 0.25) is 15.9 Å². The van der Waals surface area contributed by atoms with E-state index in [1.54, 1.807) is 24.3 Å². The molecule has 0 spiro atoms. The summed E-state index contributed by atoms with van der Waals surface area (Å²) in [5.74, 6) is -0.341. The third-order valence-corrected chi connectivity index (χ3v) is 6.41. The van der Waals surface area contributed by atoms with Crippen molar-refractivity contribution in [3.63, 3.8) is 0 Å². The molecule has 0 unspecified atom stereocenters. The molecule has 1 amide bonds. The number of nitrogens with one attached hydrogen (secondary N) is 1. The van der Waals surface area contributed by atoms with Gasteiger partial charge in [-0.25, -0.2) is 8.42 Å². The highest BCUT2D eigenvalue weighted by Crippen LogP contribution is 2.25. The minimum absolute atomic E-state index is 0.00746. The number of halogens is 1. The van der Waals surface area contributed by atoms with E-state index in [1.807, 2.05) is 0 Å². The summed E-state index contributed by atoms with van der Waals surface area (Å²) >= 11 is 3.31. The van der Waals surface area contributed by atoms with Crippen LogP contribution in [-0.2, 0) is 14.8 Å². The fourth-order valence-corrected chi connectivity index (χ4v) is 4.42. The number of sulfonamides is 1. The van der Waals surface area contributed by atoms with Crippen LogP contribution in [0.2, 0.25) is 0 Å². The number of carbonyl (C=O) groups is 1. The second kappa shape index (κ2) is 7.54. The van der Waals surface area contributed by atoms with E-state index in [0.717, 1.165) is 10.9 Å². The maximum atomic E-state index is 12.8. The summed E-state index contributed by atoms with van der Waals surface area (Å²) in [5, 5.41) is 2.94. The van der Waals surface area contributed by atoms with Gasteiger partial charge >= 0.3 is 0 Å². The number of hydrogen-bond donors (Lipinski definition) is 1. The van der Waals surface area contributed by atoms with Crippen molar-refractivity contribution in [1.29, 1.82) is 0 Å². The van der Waals surface area contributed by atoms with Crippen molar-refractivity contribution in [3.8, 4) is 0 Å². The molecule has 1 N–H and O–H groups in total. The van der Waals surface area contributed by atoms with Crippen molar-refractivity contribution in [2.75, 3.05) is 19.6 Å². The molecule has 134 valence electrons. The molecule has 1 fully saturated rings. The van der Waals surface area contributed by atoms with Crippen LogP contribution in [0.4, 0.5) is 0 Å². The molecule has 5 nitrogen and oxygen atoms in total. The molecular weight excluding hydrogens is 392 g/mol. The van der Waals surface area contributed by atoms with Crippen molar-refractivity contribution in [1.82, 2.24) is 9.62 Å². The minimum Gasteiger partial charge on any atom is -0.355 e. The third-order valence-electron chi connectivity index (χ3n) is 4.00. The normalized spacial score (nSPS) is 19.9. The van der Waals surface area contributed by atoms with Gasteiger partial charge in [-0.2, -0.15) is 4.31 Å². The highest BCUT2D eigenvalue weighted by Gasteiger charge is 2.33. The lowest BCUT2D eigenvalue weighted by atomic mass is 9.95. The average molecular weight is 417 g/mol. The number of amides is 1. The van der Waals surface area contributed by atoms with Gasteiger partial charge in [-0.05, 0) is 42.5 Å². The van der Waals surface area contributed by atoms with E-state index in [-0.39, 0.29) is 28.7 Å². The van der Waals surface area contributed by atoms with Gasteiger partial charge in [-0.15, -0.1) is 0 Å². The monoisotopic (exact) mass is 416 g/mol. The van der Waals surface area contributed by atoms with Crippen LogP contribution >= 0.6 is 15.9 Å². The van der Waals surface area contributed by atoms with E-state index in [1.165, 1.54) is 4.31 Å². The van der Waals surface area contributed by atoms with Crippen LogP contribution in [0.3, 0.4) is 0 Å². The Morgan fingerprint density at radius 2 is 1.92 bits per heavy atom. The SMILES string of the molecule is CC(C)(C)CNC(=O)[C@H]1CCCN(S(=O)(=O)c2ccc(Br)cc2)C1. The molecule has 1 aliphatic rings. The van der Waals surface area contributed by atoms with Gasteiger partial charge < -0.3 is 5.32 Å². The molecule has 0 aliphatic carbocycles. The Kier molecular flexibility index (Phi) is 6.09. The molecular formula is C17H25BrN2O3S. The molecule has 1 aromatic rings. The van der Waals surface area contributed by atoms with E-state index >= 15 is 0 Å². The molecule has 1 aromatic carbocycles. The van der Waals surface area contributed by atoms with Crippen LogP contribution in [0.15, 0.2) is 33.6 Å². The van der Waals surface area contributed by atoms with Crippen LogP contribution < -0.4 is 5.32 Å². The Morgan fingerprint density at radius 1 is 1.29 bits per heavy atom. The first-order chi connectivity index (χ1) is 11.1. The number of rotatable bonds is 4. The van der Waals surface area contributed by atoms with Crippen molar-refractivity contribution in [2.24, 2.45) is 11.3 Å². The fraction of sp³-hybridized carbons (Fsp3) is 0.588. The number of nitrogens with zero attached hydrogens (tertiary/aromatic N) is 1. The van der Waals surface area contributed by atoms with Gasteiger partial charge in [-0.3, -0.25) is 4.79 Å². The molecule has 7 heteroatoms. The summed E-state index contributed by atoms with van der Waals surface area (Å²) < 4.78 is 27.8. The van der Waals surface area contributed by atoms with Gasteiger partial charge in [0.15, 0.2) is 0 Å². The lowest BCUT2D eigenvalue weighted by molar-refractivity contribution is -0.126. The van der Waals surface area contributed by atoms with E-state index in [9.17, 15) is 13.2 Å². The summed E-state index contributed by atoms with van der Waals surface area (Å²) in [6, 6.07) is 6.60. The average Bonchev–Trinajstić information content (AvgIpc) is 2.52. The van der Waals surface area contributed by atoms with Crippen molar-refractivity contribution in [2.45, 2.75) is 38.5 Å². The smallest absolute Gasteiger partial charge is 0.243 e. The van der Waals surface area contributed by atoms with E-state index in [0.29, 0.717) is 19.5 Å². The summed E-state index contributed by atoms with van der Waals surface area (Å²) in [4.78, 5) is 12.6.